The van der Waals surface area contributed by atoms with Crippen LogP contribution in [0.3, 0.4) is 0 Å². The summed E-state index contributed by atoms with van der Waals surface area (Å²) >= 11 is 2.23. The Morgan fingerprint density at radius 3 is 2.43 bits per heavy atom. The Hall–Kier alpha value is -1.94. The fraction of sp³-hybridized carbons (Fsp3) is 0.188. The SMILES string of the molecule is COc1cc(CNc2ccc(C#N)cc2)cc(I)c1OC. The number of ether oxygens (including phenoxy) is 2. The summed E-state index contributed by atoms with van der Waals surface area (Å²) in [5.74, 6) is 1.47. The number of nitrogens with zero attached hydrogens (tertiary/aromatic N) is 1. The van der Waals surface area contributed by atoms with Gasteiger partial charge in [0.2, 0.25) is 0 Å². The first-order chi connectivity index (χ1) is 10.2. The average Bonchev–Trinajstić information content (AvgIpc) is 2.52. The number of hydrogen-bond acceptors (Lipinski definition) is 4. The number of nitrogens with one attached hydrogen (secondary N) is 1. The third kappa shape index (κ3) is 3.79. The number of methoxy groups -OCH3 is 2. The van der Waals surface area contributed by atoms with Gasteiger partial charge in [0.15, 0.2) is 11.5 Å². The van der Waals surface area contributed by atoms with Crippen LogP contribution in [-0.2, 0) is 6.54 Å². The van der Waals surface area contributed by atoms with Crippen LogP contribution in [0.5, 0.6) is 11.5 Å². The molecule has 21 heavy (non-hydrogen) atoms. The molecular weight excluding hydrogens is 379 g/mol. The Kier molecular flexibility index (Phi) is 5.28. The fourth-order valence-electron chi connectivity index (χ4n) is 1.94. The molecule has 1 N–H and O–H groups in total. The molecule has 5 heteroatoms. The van der Waals surface area contributed by atoms with Crippen molar-refractivity contribution in [2.45, 2.75) is 6.54 Å². The molecule has 0 saturated heterocycles. The van der Waals surface area contributed by atoms with Gasteiger partial charge in [0.25, 0.3) is 0 Å². The highest BCUT2D eigenvalue weighted by Crippen LogP contribution is 2.33. The predicted molar refractivity (Wildman–Crippen MR) is 90.7 cm³/mol. The Balaban J connectivity index is 2.12. The predicted octanol–water partition coefficient (Wildman–Crippen LogP) is 3.79. The van der Waals surface area contributed by atoms with Crippen molar-refractivity contribution in [1.82, 2.24) is 0 Å². The monoisotopic (exact) mass is 394 g/mol. The van der Waals surface area contributed by atoms with Crippen molar-refractivity contribution >= 4 is 28.3 Å². The molecule has 0 amide bonds. The van der Waals surface area contributed by atoms with E-state index < -0.39 is 0 Å². The van der Waals surface area contributed by atoms with E-state index >= 15 is 0 Å². The van der Waals surface area contributed by atoms with Crippen LogP contribution in [0.1, 0.15) is 11.1 Å². The van der Waals surface area contributed by atoms with Gasteiger partial charge < -0.3 is 14.8 Å². The summed E-state index contributed by atoms with van der Waals surface area (Å²) in [6.45, 7) is 0.669. The summed E-state index contributed by atoms with van der Waals surface area (Å²) in [6.07, 6.45) is 0. The van der Waals surface area contributed by atoms with Gasteiger partial charge in [-0.3, -0.25) is 0 Å². The van der Waals surface area contributed by atoms with Gasteiger partial charge in [-0.25, -0.2) is 0 Å². The van der Waals surface area contributed by atoms with Crippen LogP contribution in [0.2, 0.25) is 0 Å². The quantitative estimate of drug-likeness (QED) is 0.785. The van der Waals surface area contributed by atoms with Crippen LogP contribution in [0, 0.1) is 14.9 Å². The van der Waals surface area contributed by atoms with E-state index in [9.17, 15) is 0 Å². The number of halogens is 1. The zero-order valence-corrected chi connectivity index (χ0v) is 14.0. The van der Waals surface area contributed by atoms with Crippen molar-refractivity contribution in [3.63, 3.8) is 0 Å². The average molecular weight is 394 g/mol. The molecule has 0 saturated carbocycles. The molecule has 0 fully saturated rings. The third-order valence-electron chi connectivity index (χ3n) is 3.00. The van der Waals surface area contributed by atoms with E-state index in [4.69, 9.17) is 14.7 Å². The summed E-state index contributed by atoms with van der Waals surface area (Å²) in [7, 11) is 3.26. The second kappa shape index (κ2) is 7.18. The summed E-state index contributed by atoms with van der Waals surface area (Å²) in [4.78, 5) is 0. The number of rotatable bonds is 5. The van der Waals surface area contributed by atoms with E-state index in [0.29, 0.717) is 12.1 Å². The normalized spacial score (nSPS) is 9.81. The Morgan fingerprint density at radius 2 is 1.86 bits per heavy atom. The molecule has 0 aromatic heterocycles. The second-order valence-electron chi connectivity index (χ2n) is 4.36. The highest BCUT2D eigenvalue weighted by molar-refractivity contribution is 14.1. The van der Waals surface area contributed by atoms with E-state index in [0.717, 1.165) is 26.3 Å². The summed E-state index contributed by atoms with van der Waals surface area (Å²) in [5, 5.41) is 12.1. The van der Waals surface area contributed by atoms with Gasteiger partial charge >= 0.3 is 0 Å². The van der Waals surface area contributed by atoms with Gasteiger partial charge in [-0.05, 0) is 64.6 Å². The zero-order chi connectivity index (χ0) is 15.2. The first-order valence-electron chi connectivity index (χ1n) is 6.32. The molecule has 108 valence electrons. The Morgan fingerprint density at radius 1 is 1.14 bits per heavy atom. The molecule has 0 unspecified atom stereocenters. The third-order valence-corrected chi connectivity index (χ3v) is 3.81. The van der Waals surface area contributed by atoms with Gasteiger partial charge in [-0.1, -0.05) is 0 Å². The molecule has 0 spiro atoms. The molecule has 0 atom stereocenters. The topological polar surface area (TPSA) is 54.3 Å². The van der Waals surface area contributed by atoms with E-state index in [2.05, 4.69) is 40.0 Å². The molecule has 0 radical (unpaired) electrons. The molecule has 0 heterocycles. The summed E-state index contributed by atoms with van der Waals surface area (Å²) in [6, 6.07) is 13.5. The van der Waals surface area contributed by atoms with Gasteiger partial charge in [0, 0.05) is 12.2 Å². The Bertz CT molecular complexity index is 663. The first-order valence-corrected chi connectivity index (χ1v) is 7.40. The zero-order valence-electron chi connectivity index (χ0n) is 11.8. The lowest BCUT2D eigenvalue weighted by atomic mass is 10.2. The van der Waals surface area contributed by atoms with Crippen LogP contribution < -0.4 is 14.8 Å². The van der Waals surface area contributed by atoms with Gasteiger partial charge in [-0.15, -0.1) is 0 Å². The summed E-state index contributed by atoms with van der Waals surface area (Å²) < 4.78 is 11.7. The van der Waals surface area contributed by atoms with Crippen LogP contribution >= 0.6 is 22.6 Å². The Labute approximate surface area is 137 Å². The van der Waals surface area contributed by atoms with Crippen molar-refractivity contribution in [3.8, 4) is 17.6 Å². The van der Waals surface area contributed by atoms with Crippen LogP contribution in [0.25, 0.3) is 0 Å². The minimum atomic E-state index is 0.654. The number of anilines is 1. The smallest absolute Gasteiger partial charge is 0.174 e. The highest BCUT2D eigenvalue weighted by Gasteiger charge is 2.10. The van der Waals surface area contributed by atoms with Crippen molar-refractivity contribution in [1.29, 1.82) is 5.26 Å². The minimum absolute atomic E-state index is 0.654. The van der Waals surface area contributed by atoms with Gasteiger partial charge in [-0.2, -0.15) is 5.26 Å². The number of nitriles is 1. The minimum Gasteiger partial charge on any atom is -0.493 e. The standard InChI is InChI=1S/C16H15IN2O2/c1-20-15-8-12(7-14(17)16(15)21-2)10-19-13-5-3-11(9-18)4-6-13/h3-8,19H,10H2,1-2H3. The molecular formula is C16H15IN2O2. The molecule has 0 aliphatic heterocycles. The molecule has 4 nitrogen and oxygen atoms in total. The van der Waals surface area contributed by atoms with Crippen LogP contribution in [0.15, 0.2) is 36.4 Å². The molecule has 2 aromatic rings. The lowest BCUT2D eigenvalue weighted by molar-refractivity contribution is 0.352. The van der Waals surface area contributed by atoms with Crippen LogP contribution in [-0.4, -0.2) is 14.2 Å². The van der Waals surface area contributed by atoms with E-state index in [1.165, 1.54) is 0 Å². The summed E-state index contributed by atoms with van der Waals surface area (Å²) in [5.41, 5.74) is 2.72. The molecule has 0 bridgehead atoms. The number of hydrogen-bond donors (Lipinski definition) is 1. The van der Waals surface area contributed by atoms with Crippen molar-refractivity contribution in [2.75, 3.05) is 19.5 Å². The highest BCUT2D eigenvalue weighted by atomic mass is 127. The van der Waals surface area contributed by atoms with Gasteiger partial charge in [0.1, 0.15) is 0 Å². The molecule has 2 rings (SSSR count). The number of benzene rings is 2. The van der Waals surface area contributed by atoms with E-state index in [1.54, 1.807) is 26.4 Å². The second-order valence-corrected chi connectivity index (χ2v) is 5.52. The fourth-order valence-corrected chi connectivity index (χ4v) is 2.83. The maximum Gasteiger partial charge on any atom is 0.174 e. The van der Waals surface area contributed by atoms with E-state index in [1.807, 2.05) is 18.2 Å². The van der Waals surface area contributed by atoms with Crippen molar-refractivity contribution < 1.29 is 9.47 Å². The molecule has 2 aromatic carbocycles. The van der Waals surface area contributed by atoms with E-state index in [-0.39, 0.29) is 0 Å². The van der Waals surface area contributed by atoms with Crippen molar-refractivity contribution in [2.24, 2.45) is 0 Å². The maximum atomic E-state index is 8.78. The molecule has 0 aliphatic rings. The molecule has 0 aliphatic carbocycles. The maximum absolute atomic E-state index is 8.78. The first kappa shape index (κ1) is 15.4. The largest absolute Gasteiger partial charge is 0.493 e. The van der Waals surface area contributed by atoms with Crippen LogP contribution in [0.4, 0.5) is 5.69 Å². The van der Waals surface area contributed by atoms with Crippen molar-refractivity contribution in [3.05, 3.63) is 51.1 Å². The lowest BCUT2D eigenvalue weighted by Gasteiger charge is -2.13. The lowest BCUT2D eigenvalue weighted by Crippen LogP contribution is -2.02. The van der Waals surface area contributed by atoms with Gasteiger partial charge in [0.05, 0.1) is 29.4 Å².